The summed E-state index contributed by atoms with van der Waals surface area (Å²) in [6.07, 6.45) is 1.33. The number of carboxylic acids is 1. The Labute approximate surface area is 111 Å². The van der Waals surface area contributed by atoms with Gasteiger partial charge in [0.1, 0.15) is 5.82 Å². The molecular weight excluding hydrogens is 242 g/mol. The monoisotopic (exact) mass is 257 g/mol. The maximum atomic E-state index is 10.7. The smallest absolute Gasteiger partial charge is 0.337 e. The number of rotatable bonds is 4. The molecule has 0 unspecified atom stereocenters. The quantitative estimate of drug-likeness (QED) is 0.881. The van der Waals surface area contributed by atoms with Crippen molar-refractivity contribution >= 4 is 23.2 Å². The van der Waals surface area contributed by atoms with E-state index in [9.17, 15) is 4.79 Å². The van der Waals surface area contributed by atoms with Crippen molar-refractivity contribution in [1.82, 2.24) is 4.98 Å². The number of nitrogens with one attached hydrogen (secondary N) is 1. The van der Waals surface area contributed by atoms with Gasteiger partial charge in [0.25, 0.3) is 0 Å². The number of aromatic carboxylic acids is 1. The summed E-state index contributed by atoms with van der Waals surface area (Å²) in [7, 11) is 3.94. The lowest BCUT2D eigenvalue weighted by Gasteiger charge is -2.14. The highest BCUT2D eigenvalue weighted by molar-refractivity contribution is 5.87. The van der Waals surface area contributed by atoms with Gasteiger partial charge in [0.15, 0.2) is 0 Å². The summed E-state index contributed by atoms with van der Waals surface area (Å²) in [4.78, 5) is 16.8. The van der Waals surface area contributed by atoms with E-state index in [4.69, 9.17) is 5.11 Å². The number of hydrogen-bond acceptors (Lipinski definition) is 4. The van der Waals surface area contributed by atoms with Crippen molar-refractivity contribution in [2.75, 3.05) is 24.3 Å². The number of carbonyl (C=O) groups is 1. The molecule has 0 amide bonds. The Morgan fingerprint density at radius 1 is 1.26 bits per heavy atom. The van der Waals surface area contributed by atoms with Crippen LogP contribution in [0.1, 0.15) is 10.4 Å². The molecule has 0 saturated carbocycles. The topological polar surface area (TPSA) is 65.5 Å². The summed E-state index contributed by atoms with van der Waals surface area (Å²) < 4.78 is 0. The third kappa shape index (κ3) is 3.22. The van der Waals surface area contributed by atoms with E-state index in [1.54, 1.807) is 6.07 Å². The highest BCUT2D eigenvalue weighted by atomic mass is 16.4. The van der Waals surface area contributed by atoms with E-state index in [1.807, 2.05) is 43.3 Å². The molecule has 2 rings (SSSR count). The fraction of sp³-hybridized carbons (Fsp3) is 0.143. The van der Waals surface area contributed by atoms with Gasteiger partial charge in [-0.25, -0.2) is 9.78 Å². The van der Waals surface area contributed by atoms with Gasteiger partial charge in [0.2, 0.25) is 0 Å². The highest BCUT2D eigenvalue weighted by Gasteiger charge is 2.03. The van der Waals surface area contributed by atoms with E-state index in [2.05, 4.69) is 10.3 Å². The van der Waals surface area contributed by atoms with Crippen molar-refractivity contribution in [3.63, 3.8) is 0 Å². The molecule has 5 nitrogen and oxygen atoms in total. The van der Waals surface area contributed by atoms with Crippen LogP contribution in [-0.4, -0.2) is 30.2 Å². The van der Waals surface area contributed by atoms with Gasteiger partial charge in [-0.3, -0.25) is 0 Å². The van der Waals surface area contributed by atoms with Gasteiger partial charge in [-0.1, -0.05) is 6.07 Å². The van der Waals surface area contributed by atoms with Crippen LogP contribution in [0.5, 0.6) is 0 Å². The van der Waals surface area contributed by atoms with Crippen molar-refractivity contribution in [3.8, 4) is 0 Å². The van der Waals surface area contributed by atoms with Crippen molar-refractivity contribution in [3.05, 3.63) is 48.2 Å². The molecular formula is C14H15N3O2. The molecule has 0 aliphatic rings. The van der Waals surface area contributed by atoms with Crippen LogP contribution in [0.2, 0.25) is 0 Å². The molecule has 0 aliphatic heterocycles. The van der Waals surface area contributed by atoms with Gasteiger partial charge in [0.05, 0.1) is 5.56 Å². The predicted molar refractivity (Wildman–Crippen MR) is 75.2 cm³/mol. The summed E-state index contributed by atoms with van der Waals surface area (Å²) in [6, 6.07) is 11.0. The van der Waals surface area contributed by atoms with Crippen LogP contribution in [0.3, 0.4) is 0 Å². The second-order valence-corrected chi connectivity index (χ2v) is 4.31. The fourth-order valence-electron chi connectivity index (χ4n) is 1.60. The van der Waals surface area contributed by atoms with E-state index < -0.39 is 5.97 Å². The Balaban J connectivity index is 2.16. The van der Waals surface area contributed by atoms with Gasteiger partial charge in [-0.05, 0) is 30.3 Å². The van der Waals surface area contributed by atoms with Crippen LogP contribution in [0.15, 0.2) is 42.6 Å². The lowest BCUT2D eigenvalue weighted by Crippen LogP contribution is -2.08. The molecule has 19 heavy (non-hydrogen) atoms. The zero-order valence-corrected chi connectivity index (χ0v) is 10.8. The van der Waals surface area contributed by atoms with E-state index >= 15 is 0 Å². The fourth-order valence-corrected chi connectivity index (χ4v) is 1.60. The molecule has 2 aromatic rings. The Kier molecular flexibility index (Phi) is 3.66. The van der Waals surface area contributed by atoms with Crippen LogP contribution < -0.4 is 10.2 Å². The van der Waals surface area contributed by atoms with Crippen LogP contribution in [0.4, 0.5) is 17.2 Å². The first-order valence-electron chi connectivity index (χ1n) is 5.80. The van der Waals surface area contributed by atoms with Crippen molar-refractivity contribution in [2.24, 2.45) is 0 Å². The zero-order valence-electron chi connectivity index (χ0n) is 10.8. The number of pyridine rings is 1. The summed E-state index contributed by atoms with van der Waals surface area (Å²) in [5, 5.41) is 11.9. The predicted octanol–water partition coefficient (Wildman–Crippen LogP) is 2.59. The molecule has 0 bridgehead atoms. The molecule has 0 saturated heterocycles. The van der Waals surface area contributed by atoms with Gasteiger partial charge in [0, 0.05) is 31.7 Å². The van der Waals surface area contributed by atoms with E-state index in [0.717, 1.165) is 11.4 Å². The Morgan fingerprint density at radius 3 is 2.63 bits per heavy atom. The maximum absolute atomic E-state index is 10.7. The number of benzene rings is 1. The zero-order chi connectivity index (χ0) is 13.8. The van der Waals surface area contributed by atoms with Gasteiger partial charge >= 0.3 is 5.97 Å². The summed E-state index contributed by atoms with van der Waals surface area (Å²) in [5.74, 6) is -0.366. The molecule has 2 N–H and O–H groups in total. The molecule has 98 valence electrons. The summed E-state index contributed by atoms with van der Waals surface area (Å²) in [5.41, 5.74) is 2.15. The van der Waals surface area contributed by atoms with Crippen LogP contribution in [0, 0.1) is 0 Å². The molecule has 0 fully saturated rings. The first-order chi connectivity index (χ1) is 9.06. The Morgan fingerprint density at radius 2 is 2.05 bits per heavy atom. The third-order valence-corrected chi connectivity index (χ3v) is 2.65. The van der Waals surface area contributed by atoms with Gasteiger partial charge in [-0.2, -0.15) is 0 Å². The van der Waals surface area contributed by atoms with Crippen molar-refractivity contribution < 1.29 is 9.90 Å². The van der Waals surface area contributed by atoms with Crippen LogP contribution in [0.25, 0.3) is 0 Å². The SMILES string of the molecule is CN(C)c1cccc(Nc2ccc(C(=O)O)cn2)c1. The number of nitrogens with zero attached hydrogens (tertiary/aromatic N) is 2. The Bertz CT molecular complexity index is 579. The lowest BCUT2D eigenvalue weighted by atomic mass is 10.2. The molecule has 0 aliphatic carbocycles. The average Bonchev–Trinajstić information content (AvgIpc) is 2.39. The first-order valence-corrected chi connectivity index (χ1v) is 5.80. The molecule has 1 aromatic heterocycles. The first kappa shape index (κ1) is 12.9. The van der Waals surface area contributed by atoms with Crippen molar-refractivity contribution in [2.45, 2.75) is 0 Å². The molecule has 0 atom stereocenters. The van der Waals surface area contributed by atoms with Gasteiger partial charge in [-0.15, -0.1) is 0 Å². The minimum atomic E-state index is -0.978. The summed E-state index contributed by atoms with van der Waals surface area (Å²) in [6.45, 7) is 0. The third-order valence-electron chi connectivity index (χ3n) is 2.65. The highest BCUT2D eigenvalue weighted by Crippen LogP contribution is 2.20. The molecule has 0 spiro atoms. The van der Waals surface area contributed by atoms with Crippen LogP contribution in [-0.2, 0) is 0 Å². The number of anilines is 3. The maximum Gasteiger partial charge on any atom is 0.337 e. The van der Waals surface area contributed by atoms with Crippen LogP contribution >= 0.6 is 0 Å². The van der Waals surface area contributed by atoms with E-state index in [1.165, 1.54) is 12.3 Å². The molecule has 1 heterocycles. The molecule has 5 heteroatoms. The lowest BCUT2D eigenvalue weighted by molar-refractivity contribution is 0.0696. The number of aromatic nitrogens is 1. The summed E-state index contributed by atoms with van der Waals surface area (Å²) >= 11 is 0. The van der Waals surface area contributed by atoms with Crippen molar-refractivity contribution in [1.29, 1.82) is 0 Å². The van der Waals surface area contributed by atoms with Gasteiger partial charge < -0.3 is 15.3 Å². The minimum Gasteiger partial charge on any atom is -0.478 e. The second-order valence-electron chi connectivity index (χ2n) is 4.31. The largest absolute Gasteiger partial charge is 0.478 e. The normalized spacial score (nSPS) is 10.0. The molecule has 0 radical (unpaired) electrons. The number of hydrogen-bond donors (Lipinski definition) is 2. The van der Waals surface area contributed by atoms with E-state index in [-0.39, 0.29) is 5.56 Å². The minimum absolute atomic E-state index is 0.174. The second kappa shape index (κ2) is 5.39. The van der Waals surface area contributed by atoms with E-state index in [0.29, 0.717) is 5.82 Å². The molecule has 1 aromatic carbocycles. The number of carboxylic acid groups (broad SMARTS) is 1. The standard InChI is InChI=1S/C14H15N3O2/c1-17(2)12-5-3-4-11(8-12)16-13-7-6-10(9-15-13)14(18)19/h3-9H,1-2H3,(H,15,16)(H,18,19). The Hall–Kier alpha value is -2.56. The average molecular weight is 257 g/mol.